The molecular weight excluding hydrogens is 1940 g/mol. The van der Waals surface area contributed by atoms with Crippen molar-refractivity contribution in [3.63, 3.8) is 0 Å². The first-order valence-electron chi connectivity index (χ1n) is 51.7. The summed E-state index contributed by atoms with van der Waals surface area (Å²) >= 11 is 0. The van der Waals surface area contributed by atoms with Gasteiger partial charge in [-0.1, -0.05) is 191 Å². The Hall–Kier alpha value is -8.90. The fourth-order valence-corrected chi connectivity index (χ4v) is 12.6. The molecule has 0 bridgehead atoms. The average Bonchev–Trinajstić information content (AvgIpc) is 0.833. The number of aliphatic hydroxyl groups is 3. The van der Waals surface area contributed by atoms with Crippen molar-refractivity contribution < 1.29 is 161 Å². The molecule has 1 saturated carbocycles. The molecule has 1 aliphatic carbocycles. The third kappa shape index (κ3) is 75.0. The fraction of sp³-hybridized carbons (Fsp3) is 0.702. The zero-order valence-electron chi connectivity index (χ0n) is 97.5. The van der Waals surface area contributed by atoms with E-state index in [4.69, 9.17) is 63.7 Å². The molecular formula is C114H199N3O33. The van der Waals surface area contributed by atoms with Gasteiger partial charge in [0, 0.05) is 143 Å². The van der Waals surface area contributed by atoms with Crippen molar-refractivity contribution in [1.29, 1.82) is 0 Å². The van der Waals surface area contributed by atoms with Crippen molar-refractivity contribution >= 4 is 70.7 Å². The first kappa shape index (κ1) is 152. The van der Waals surface area contributed by atoms with E-state index < -0.39 is 65.2 Å². The predicted molar refractivity (Wildman–Crippen MR) is 585 cm³/mol. The molecule has 0 radical (unpaired) electrons. The van der Waals surface area contributed by atoms with Crippen LogP contribution in [0.3, 0.4) is 0 Å². The quantitative estimate of drug-likeness (QED) is 0.00626. The van der Waals surface area contributed by atoms with Crippen LogP contribution < -0.4 is 16.0 Å². The molecule has 0 saturated heterocycles. The number of carbonyl (C=O) groups excluding carboxylic acids is 10. The maximum Gasteiger partial charge on any atom is 0.333 e. The number of amides is 3. The second-order valence-electron chi connectivity index (χ2n) is 41.5. The van der Waals surface area contributed by atoms with E-state index in [0.717, 1.165) is 125 Å². The van der Waals surface area contributed by atoms with E-state index in [-0.39, 0.29) is 144 Å². The largest absolute Gasteiger partial charge is 0.469 e. The molecule has 868 valence electrons. The summed E-state index contributed by atoms with van der Waals surface area (Å²) < 4.78 is 58.8. The Kier molecular flexibility index (Phi) is 87.4. The molecule has 9 unspecified atom stereocenters. The number of benzene rings is 3. The van der Waals surface area contributed by atoms with Crippen LogP contribution in [0.25, 0.3) is 0 Å². The molecule has 0 spiro atoms. The summed E-state index contributed by atoms with van der Waals surface area (Å²) in [6, 6.07) is 25.6. The number of methoxy groups -OCH3 is 7. The third-order valence-electron chi connectivity index (χ3n) is 25.4. The lowest BCUT2D eigenvalue weighted by Crippen LogP contribution is -2.41. The molecule has 36 nitrogen and oxygen atoms in total. The monoisotopic (exact) mass is 2140 g/mol. The normalized spacial score (nSPS) is 14.4. The van der Waals surface area contributed by atoms with Crippen LogP contribution >= 0.6 is 0 Å². The van der Waals surface area contributed by atoms with Crippen LogP contribution in [0.5, 0.6) is 0 Å². The van der Waals surface area contributed by atoms with Crippen LogP contribution in [0.1, 0.15) is 312 Å². The number of rotatable bonds is 58. The van der Waals surface area contributed by atoms with Gasteiger partial charge in [0.2, 0.25) is 17.7 Å². The van der Waals surface area contributed by atoms with Crippen LogP contribution in [0.4, 0.5) is 11.4 Å². The second-order valence-corrected chi connectivity index (χ2v) is 41.5. The molecule has 0 heterocycles. The standard InChI is InChI=1S/C17H18N2O2.C17H28O5.C14H24O7.C13H24O5.C13H20O2.C11H21NO2.2C9H20O3.C7H14O2.C4H10O2/c1-12(20)18-16-7-3-14(4-8-16)11-15-5-9-17(10-6-15)19-13(2)21;1-6-17(4,5)16(20)22-14-8-7-12(9-13(14)18)10-21-15(19)11(2)3;1-10(2)12(16)20-6-11(15)7-21-13(17)14(3,8-18-4)9-19-5;1-6-13(4,5)11(18-16)7-10(14)8-17-12(15)9(2)3;1-4-13(2,3)12(15-14)10-11-8-6-5-7-9-11;1-10(13)8-6-4-3-5-7-9-12-11(2)14;2*1-5-9(2,3)8(12-10)6-7-11-4;1-5-7(2,3)6(8)9-4;1-5-3-4-6-2/h3-10H,11H2,1-2H3,(H,18,20)(H,19,21);12-14,18H,2,6-10H2,1,3-5H3;11,15H,1,6-9H2,2-5H3;10-11,14,16H,2,6-8H2,1,3-5H3;5-9,12,14H,4,10H2,1-3H3;3-9H2,1-2H3,(H,12,14);2*8,10H,5-7H2,1-4H3;5H2,1-4H3;3-4H2,1-2H3. The number of esters is 6. The van der Waals surface area contributed by atoms with E-state index >= 15 is 0 Å². The maximum absolute atomic E-state index is 12.1. The van der Waals surface area contributed by atoms with Crippen molar-refractivity contribution in [3.8, 4) is 0 Å². The van der Waals surface area contributed by atoms with Crippen LogP contribution in [-0.4, -0.2) is 267 Å². The average molecular weight is 2140 g/mol. The number of carbonyl (C=O) groups is 10. The lowest BCUT2D eigenvalue weighted by Gasteiger charge is -2.34. The SMILES string of the molecule is C=C(C)C(=O)OCC(O)CC(OO)C(C)(C)CC.C=C(C)C(=O)OCC(O)COC(=O)C(C)(COC)COC.C=C(C)C(=O)OCC1CCC(OC(=O)C(C)(C)CC)C(O)C1.CC(=O)CCCCCCCNC(C)=O.CC(=O)Nc1ccc(Cc2ccc(NC(C)=O)cc2)cc1.CCC(C)(C)C(=O)OC.CCC(C)(C)C(CCOC)OO.CCC(C)(C)C(CCOC)OO.CCC(C)(C)C(Cc1ccccc1)OO.COCCOC. The Labute approximate surface area is 898 Å². The van der Waals surface area contributed by atoms with Gasteiger partial charge in [0.25, 0.3) is 0 Å². The Morgan fingerprint density at radius 3 is 1.13 bits per heavy atom. The van der Waals surface area contributed by atoms with E-state index in [9.17, 15) is 63.3 Å². The summed E-state index contributed by atoms with van der Waals surface area (Å²) in [5, 5.41) is 72.9. The van der Waals surface area contributed by atoms with Gasteiger partial charge in [-0.25, -0.2) is 33.9 Å². The molecule has 36 heteroatoms. The van der Waals surface area contributed by atoms with Crippen molar-refractivity contribution in [2.75, 3.05) is 133 Å². The van der Waals surface area contributed by atoms with E-state index in [1.807, 2.05) is 129 Å². The summed E-state index contributed by atoms with van der Waals surface area (Å²) in [6.07, 6.45) is 12.3. The van der Waals surface area contributed by atoms with Crippen LogP contribution in [0, 0.1) is 43.8 Å². The smallest absolute Gasteiger partial charge is 0.333 e. The summed E-state index contributed by atoms with van der Waals surface area (Å²) in [5.74, 6) is -2.25. The molecule has 3 aromatic rings. The van der Waals surface area contributed by atoms with Gasteiger partial charge in [-0.3, -0.25) is 49.8 Å². The zero-order chi connectivity index (χ0) is 117. The number of ketones is 1. The minimum Gasteiger partial charge on any atom is -0.469 e. The topological polar surface area (TPSA) is 496 Å². The van der Waals surface area contributed by atoms with Gasteiger partial charge in [-0.2, -0.15) is 0 Å². The van der Waals surface area contributed by atoms with Gasteiger partial charge < -0.3 is 92.9 Å². The fourth-order valence-electron chi connectivity index (χ4n) is 12.6. The van der Waals surface area contributed by atoms with E-state index in [2.05, 4.69) is 144 Å². The highest BCUT2D eigenvalue weighted by molar-refractivity contribution is 5.90. The molecule has 1 aliphatic rings. The van der Waals surface area contributed by atoms with Crippen LogP contribution in [-0.2, 0) is 137 Å². The maximum atomic E-state index is 12.1. The van der Waals surface area contributed by atoms with Gasteiger partial charge in [0.1, 0.15) is 55.4 Å². The van der Waals surface area contributed by atoms with Gasteiger partial charge in [0.15, 0.2) is 0 Å². The number of ether oxygens (including phenoxy) is 12. The highest BCUT2D eigenvalue weighted by Gasteiger charge is 2.39. The van der Waals surface area contributed by atoms with E-state index in [0.29, 0.717) is 57.7 Å². The molecule has 0 aromatic heterocycles. The number of anilines is 2. The number of unbranched alkanes of at least 4 members (excludes halogenated alkanes) is 4. The number of hydrogen-bond donors (Lipinski definition) is 10. The number of Topliss-reactive ketones (excluding diaryl/α,β-unsaturated/α-hetero) is 1. The summed E-state index contributed by atoms with van der Waals surface area (Å²) in [6.45, 7) is 62.0. The van der Waals surface area contributed by atoms with E-state index in [1.54, 1.807) is 49.2 Å². The van der Waals surface area contributed by atoms with Crippen molar-refractivity contribution in [1.82, 2.24) is 5.32 Å². The predicted octanol–water partition coefficient (Wildman–Crippen LogP) is 20.4. The molecule has 9 atom stereocenters. The molecule has 3 aromatic carbocycles. The Morgan fingerprint density at radius 2 is 0.780 bits per heavy atom. The van der Waals surface area contributed by atoms with Gasteiger partial charge in [-0.15, -0.1) is 0 Å². The van der Waals surface area contributed by atoms with Crippen molar-refractivity contribution in [3.05, 3.63) is 132 Å². The summed E-state index contributed by atoms with van der Waals surface area (Å²) in [4.78, 5) is 129. The van der Waals surface area contributed by atoms with Gasteiger partial charge in [-0.05, 0) is 208 Å². The second kappa shape index (κ2) is 86.4. The molecule has 150 heavy (non-hydrogen) atoms. The molecule has 0 aliphatic heterocycles. The first-order valence-corrected chi connectivity index (χ1v) is 51.7. The van der Waals surface area contributed by atoms with E-state index in [1.165, 1.54) is 61.5 Å². The molecule has 3 amide bonds. The Balaban J connectivity index is -0.000000390. The highest BCUT2D eigenvalue weighted by atomic mass is 17.1. The molecule has 10 N–H and O–H groups in total. The number of hydrogen-bond acceptors (Lipinski definition) is 33. The first-order chi connectivity index (χ1) is 70.0. The summed E-state index contributed by atoms with van der Waals surface area (Å²) in [5.41, 5.74) is 3.92. The highest BCUT2D eigenvalue weighted by Crippen LogP contribution is 2.35. The van der Waals surface area contributed by atoms with Crippen LogP contribution in [0.2, 0.25) is 0 Å². The minimum atomic E-state index is -1.11. The number of nitrogens with one attached hydrogen (secondary N) is 3. The zero-order valence-corrected chi connectivity index (χ0v) is 97.5. The van der Waals surface area contributed by atoms with Gasteiger partial charge >= 0.3 is 35.8 Å². The number of aliphatic hydroxyl groups excluding tert-OH is 3. The Morgan fingerprint density at radius 1 is 0.407 bits per heavy atom. The Bertz CT molecular complexity index is 4000. The van der Waals surface area contributed by atoms with Crippen LogP contribution in [0.15, 0.2) is 115 Å². The summed E-state index contributed by atoms with van der Waals surface area (Å²) in [7, 11) is 10.9. The lowest BCUT2D eigenvalue weighted by atomic mass is 9.81. The molecule has 4 rings (SSSR count). The van der Waals surface area contributed by atoms with Gasteiger partial charge in [0.05, 0.1) is 75.4 Å². The minimum absolute atomic E-state index is 0.00722. The third-order valence-corrected chi connectivity index (χ3v) is 25.4. The lowest BCUT2D eigenvalue weighted by molar-refractivity contribution is -0.306. The molecule has 1 fully saturated rings. The van der Waals surface area contributed by atoms with Crippen molar-refractivity contribution in [2.45, 2.75) is 357 Å². The van der Waals surface area contributed by atoms with Crippen molar-refractivity contribution in [2.24, 2.45) is 43.8 Å².